The van der Waals surface area contributed by atoms with E-state index in [1.165, 1.54) is 0 Å². The first-order valence-electron chi connectivity index (χ1n) is 8.24. The van der Waals surface area contributed by atoms with Crippen LogP contribution in [0, 0.1) is 5.92 Å². The lowest BCUT2D eigenvalue weighted by Gasteiger charge is -2.21. The number of nitrogens with one attached hydrogen (secondary N) is 2. The average molecular weight is 308 g/mol. The van der Waals surface area contributed by atoms with E-state index in [-0.39, 0.29) is 17.9 Å². The summed E-state index contributed by atoms with van der Waals surface area (Å²) in [5.41, 5.74) is 1.45. The van der Waals surface area contributed by atoms with Gasteiger partial charge in [-0.1, -0.05) is 39.8 Å². The molecule has 4 heteroatoms. The van der Waals surface area contributed by atoms with E-state index in [1.54, 1.807) is 0 Å². The molecular weight excluding hydrogens is 276 g/mol. The van der Waals surface area contributed by atoms with Crippen molar-refractivity contribution in [1.29, 1.82) is 0 Å². The zero-order chi connectivity index (χ0) is 17.1. The van der Waals surface area contributed by atoms with Crippen LogP contribution in [0.15, 0.2) is 23.3 Å². The quantitative estimate of drug-likeness (QED) is 0.642. The van der Waals surface area contributed by atoms with E-state index in [0.29, 0.717) is 12.5 Å². The van der Waals surface area contributed by atoms with Crippen LogP contribution < -0.4 is 10.6 Å². The highest BCUT2D eigenvalue weighted by atomic mass is 16.2. The van der Waals surface area contributed by atoms with Gasteiger partial charge in [0, 0.05) is 23.7 Å². The molecule has 0 aliphatic rings. The maximum Gasteiger partial charge on any atom is 0.246 e. The van der Waals surface area contributed by atoms with E-state index in [0.717, 1.165) is 30.4 Å². The van der Waals surface area contributed by atoms with Gasteiger partial charge in [-0.15, -0.1) is 0 Å². The number of hydrogen-bond donors (Lipinski definition) is 2. The van der Waals surface area contributed by atoms with Crippen LogP contribution in [0.3, 0.4) is 0 Å². The Kier molecular flexibility index (Phi) is 10.3. The van der Waals surface area contributed by atoms with E-state index in [9.17, 15) is 9.59 Å². The molecule has 1 atom stereocenters. The monoisotopic (exact) mass is 308 g/mol. The van der Waals surface area contributed by atoms with Crippen LogP contribution in [0.1, 0.15) is 60.8 Å². The van der Waals surface area contributed by atoms with Gasteiger partial charge in [0.25, 0.3) is 0 Å². The SMILES string of the molecule is CC/C=C(/C)C(=O)NCC(CC(C)C)NC(=O)/C(C)=C/CC. The molecule has 0 bridgehead atoms. The minimum Gasteiger partial charge on any atom is -0.350 e. The molecule has 2 N–H and O–H groups in total. The molecule has 126 valence electrons. The molecule has 0 spiro atoms. The van der Waals surface area contributed by atoms with Gasteiger partial charge in [-0.3, -0.25) is 9.59 Å². The molecule has 0 aliphatic carbocycles. The van der Waals surface area contributed by atoms with Crippen LogP contribution >= 0.6 is 0 Å². The van der Waals surface area contributed by atoms with Crippen molar-refractivity contribution >= 4 is 11.8 Å². The van der Waals surface area contributed by atoms with Crippen molar-refractivity contribution in [2.75, 3.05) is 6.54 Å². The van der Waals surface area contributed by atoms with Crippen molar-refractivity contribution < 1.29 is 9.59 Å². The van der Waals surface area contributed by atoms with Crippen LogP contribution in [-0.4, -0.2) is 24.4 Å². The van der Waals surface area contributed by atoms with E-state index in [1.807, 2.05) is 39.8 Å². The molecule has 0 aromatic heterocycles. The van der Waals surface area contributed by atoms with Crippen molar-refractivity contribution in [3.63, 3.8) is 0 Å². The first-order chi connectivity index (χ1) is 10.3. The average Bonchev–Trinajstić information content (AvgIpc) is 2.44. The summed E-state index contributed by atoms with van der Waals surface area (Å²) in [5.74, 6) is 0.332. The minimum atomic E-state index is -0.0642. The lowest BCUT2D eigenvalue weighted by Crippen LogP contribution is -2.44. The summed E-state index contributed by atoms with van der Waals surface area (Å²) in [6, 6.07) is -0.0499. The van der Waals surface area contributed by atoms with Crippen LogP contribution in [0.5, 0.6) is 0 Å². The topological polar surface area (TPSA) is 58.2 Å². The third-order valence-corrected chi connectivity index (χ3v) is 3.34. The Balaban J connectivity index is 4.66. The van der Waals surface area contributed by atoms with Crippen molar-refractivity contribution in [1.82, 2.24) is 10.6 Å². The van der Waals surface area contributed by atoms with E-state index in [2.05, 4.69) is 24.5 Å². The number of amides is 2. The van der Waals surface area contributed by atoms with Gasteiger partial charge in [-0.2, -0.15) is 0 Å². The molecule has 22 heavy (non-hydrogen) atoms. The van der Waals surface area contributed by atoms with E-state index in [4.69, 9.17) is 0 Å². The third-order valence-electron chi connectivity index (χ3n) is 3.34. The van der Waals surface area contributed by atoms with Crippen molar-refractivity contribution in [2.24, 2.45) is 5.92 Å². The fourth-order valence-corrected chi connectivity index (χ4v) is 2.21. The Morgan fingerprint density at radius 2 is 1.45 bits per heavy atom. The van der Waals surface area contributed by atoms with Gasteiger partial charge in [0.1, 0.15) is 0 Å². The number of carbonyl (C=O) groups excluding carboxylic acids is 2. The van der Waals surface area contributed by atoms with Gasteiger partial charge in [0.15, 0.2) is 0 Å². The van der Waals surface area contributed by atoms with E-state index >= 15 is 0 Å². The molecule has 0 radical (unpaired) electrons. The number of carbonyl (C=O) groups is 2. The smallest absolute Gasteiger partial charge is 0.246 e. The Morgan fingerprint density at radius 1 is 0.955 bits per heavy atom. The standard InChI is InChI=1S/C18H32N2O2/c1-7-9-14(5)17(21)19-12-16(11-13(3)4)20-18(22)15(6)10-8-2/h9-10,13,16H,7-8,11-12H2,1-6H3,(H,19,21)(H,20,22)/b14-9-,15-10+. The van der Waals surface area contributed by atoms with Gasteiger partial charge in [0.2, 0.25) is 11.8 Å². The first kappa shape index (κ1) is 20.4. The highest BCUT2D eigenvalue weighted by molar-refractivity contribution is 5.93. The molecule has 0 saturated heterocycles. The van der Waals surface area contributed by atoms with Crippen LogP contribution in [0.25, 0.3) is 0 Å². The van der Waals surface area contributed by atoms with Crippen molar-refractivity contribution in [3.8, 4) is 0 Å². The van der Waals surface area contributed by atoms with Gasteiger partial charge in [-0.05, 0) is 39.0 Å². The molecule has 1 unspecified atom stereocenters. The summed E-state index contributed by atoms with van der Waals surface area (Å²) in [4.78, 5) is 24.0. The lowest BCUT2D eigenvalue weighted by atomic mass is 10.0. The molecule has 0 heterocycles. The second-order valence-corrected chi connectivity index (χ2v) is 6.10. The normalized spacial score (nSPS) is 14.0. The first-order valence-corrected chi connectivity index (χ1v) is 8.24. The Hall–Kier alpha value is -1.58. The summed E-state index contributed by atoms with van der Waals surface area (Å²) >= 11 is 0. The maximum absolute atomic E-state index is 12.1. The van der Waals surface area contributed by atoms with Crippen LogP contribution in [0.2, 0.25) is 0 Å². The number of rotatable bonds is 9. The molecule has 4 nitrogen and oxygen atoms in total. The fourth-order valence-electron chi connectivity index (χ4n) is 2.21. The summed E-state index contributed by atoms with van der Waals surface area (Å²) in [5, 5.41) is 5.93. The fraction of sp³-hybridized carbons (Fsp3) is 0.667. The zero-order valence-corrected chi connectivity index (χ0v) is 15.0. The molecule has 0 saturated carbocycles. The van der Waals surface area contributed by atoms with Crippen molar-refractivity contribution in [2.45, 2.75) is 66.8 Å². The highest BCUT2D eigenvalue weighted by Gasteiger charge is 2.16. The molecule has 2 amide bonds. The summed E-state index contributed by atoms with van der Waals surface area (Å²) in [7, 11) is 0. The van der Waals surface area contributed by atoms with E-state index < -0.39 is 0 Å². The Morgan fingerprint density at radius 3 is 1.91 bits per heavy atom. The third kappa shape index (κ3) is 8.65. The zero-order valence-electron chi connectivity index (χ0n) is 15.0. The Labute approximate surface area is 135 Å². The van der Waals surface area contributed by atoms with Gasteiger partial charge in [0.05, 0.1) is 0 Å². The summed E-state index contributed by atoms with van der Waals surface area (Å²) in [6.45, 7) is 12.3. The van der Waals surface area contributed by atoms with Gasteiger partial charge in [-0.25, -0.2) is 0 Å². The largest absolute Gasteiger partial charge is 0.350 e. The predicted octanol–water partition coefficient (Wildman–Crippen LogP) is 3.35. The molecule has 0 rings (SSSR count). The van der Waals surface area contributed by atoms with Crippen molar-refractivity contribution in [3.05, 3.63) is 23.3 Å². The Bertz CT molecular complexity index is 423. The van der Waals surface area contributed by atoms with Crippen LogP contribution in [-0.2, 0) is 9.59 Å². The second-order valence-electron chi connectivity index (χ2n) is 6.10. The van der Waals surface area contributed by atoms with Gasteiger partial charge >= 0.3 is 0 Å². The molecule has 0 fully saturated rings. The predicted molar refractivity (Wildman–Crippen MR) is 92.5 cm³/mol. The summed E-state index contributed by atoms with van der Waals surface area (Å²) in [6.07, 6.45) is 6.33. The van der Waals surface area contributed by atoms with Gasteiger partial charge < -0.3 is 10.6 Å². The molecular formula is C18H32N2O2. The molecule has 0 aromatic carbocycles. The lowest BCUT2D eigenvalue weighted by molar-refractivity contribution is -0.120. The second kappa shape index (κ2) is 11.0. The number of hydrogen-bond acceptors (Lipinski definition) is 2. The number of allylic oxidation sites excluding steroid dienone is 2. The van der Waals surface area contributed by atoms with Crippen LogP contribution in [0.4, 0.5) is 0 Å². The molecule has 0 aromatic rings. The summed E-state index contributed by atoms with van der Waals surface area (Å²) < 4.78 is 0. The maximum atomic E-state index is 12.1. The highest BCUT2D eigenvalue weighted by Crippen LogP contribution is 2.06. The minimum absolute atomic E-state index is 0.0499. The molecule has 0 aliphatic heterocycles.